The standard InChI is InChI=1S/C22H22F2N4O3/c1-13(25-20(29)10-15-8-17(23)11-18(24)9-15)22(30)27-19(16-6-4-3-5-7-16)12-21-26-14(2)28-31-21/h3-9,11,13,19H,10,12H2,1-2H3,(H,25,29)(H,27,30)/t13-,19?/m0/s1. The van der Waals surface area contributed by atoms with Crippen molar-refractivity contribution < 1.29 is 22.9 Å². The van der Waals surface area contributed by atoms with Crippen LogP contribution in [0.4, 0.5) is 8.78 Å². The molecule has 2 aromatic carbocycles. The number of hydrogen-bond donors (Lipinski definition) is 2. The van der Waals surface area contributed by atoms with E-state index in [4.69, 9.17) is 4.52 Å². The van der Waals surface area contributed by atoms with Crippen LogP contribution in [0.5, 0.6) is 0 Å². The summed E-state index contributed by atoms with van der Waals surface area (Å²) in [5.41, 5.74) is 1.01. The highest BCUT2D eigenvalue weighted by Gasteiger charge is 2.22. The number of amides is 2. The van der Waals surface area contributed by atoms with E-state index in [-0.39, 0.29) is 18.4 Å². The molecule has 2 N–H and O–H groups in total. The molecule has 1 heterocycles. The molecule has 162 valence electrons. The summed E-state index contributed by atoms with van der Waals surface area (Å²) in [6.45, 7) is 3.23. The van der Waals surface area contributed by atoms with Crippen molar-refractivity contribution in [3.63, 3.8) is 0 Å². The predicted molar refractivity (Wildman–Crippen MR) is 108 cm³/mol. The Bertz CT molecular complexity index is 1040. The van der Waals surface area contributed by atoms with Crippen LogP contribution >= 0.6 is 0 Å². The fourth-order valence-corrected chi connectivity index (χ4v) is 3.09. The summed E-state index contributed by atoms with van der Waals surface area (Å²) in [5.74, 6) is -1.63. The minimum atomic E-state index is -0.874. The third kappa shape index (κ3) is 6.43. The van der Waals surface area contributed by atoms with Crippen LogP contribution in [0, 0.1) is 18.6 Å². The van der Waals surface area contributed by atoms with Crippen LogP contribution in [-0.4, -0.2) is 28.0 Å². The van der Waals surface area contributed by atoms with Gasteiger partial charge in [-0.15, -0.1) is 0 Å². The summed E-state index contributed by atoms with van der Waals surface area (Å²) >= 11 is 0. The maximum atomic E-state index is 13.3. The van der Waals surface area contributed by atoms with E-state index in [1.54, 1.807) is 6.92 Å². The Morgan fingerprint density at radius 1 is 1.06 bits per heavy atom. The molecule has 0 saturated heterocycles. The molecule has 2 atom stereocenters. The number of aryl methyl sites for hydroxylation is 1. The molecule has 0 aliphatic carbocycles. The van der Waals surface area contributed by atoms with Gasteiger partial charge in [-0.25, -0.2) is 8.78 Å². The van der Waals surface area contributed by atoms with Gasteiger partial charge in [0.05, 0.1) is 18.9 Å². The quantitative estimate of drug-likeness (QED) is 0.575. The number of aromatic nitrogens is 2. The molecule has 3 rings (SSSR count). The Hall–Kier alpha value is -3.62. The smallest absolute Gasteiger partial charge is 0.242 e. The van der Waals surface area contributed by atoms with Gasteiger partial charge < -0.3 is 15.2 Å². The van der Waals surface area contributed by atoms with Crippen molar-refractivity contribution in [2.75, 3.05) is 0 Å². The molecule has 0 spiro atoms. The Morgan fingerprint density at radius 2 is 1.74 bits per heavy atom. The van der Waals surface area contributed by atoms with Crippen molar-refractivity contribution in [1.82, 2.24) is 20.8 Å². The Morgan fingerprint density at radius 3 is 2.35 bits per heavy atom. The van der Waals surface area contributed by atoms with E-state index in [2.05, 4.69) is 20.8 Å². The fraction of sp³-hybridized carbons (Fsp3) is 0.273. The molecule has 0 aliphatic rings. The van der Waals surface area contributed by atoms with Gasteiger partial charge in [-0.1, -0.05) is 35.5 Å². The molecule has 1 aromatic heterocycles. The van der Waals surface area contributed by atoms with E-state index in [0.717, 1.165) is 23.8 Å². The number of rotatable bonds is 8. The third-order valence-corrected chi connectivity index (χ3v) is 4.52. The maximum Gasteiger partial charge on any atom is 0.242 e. The Balaban J connectivity index is 1.63. The molecular formula is C22H22F2N4O3. The topological polar surface area (TPSA) is 97.1 Å². The highest BCUT2D eigenvalue weighted by molar-refractivity contribution is 5.88. The highest BCUT2D eigenvalue weighted by Crippen LogP contribution is 2.18. The highest BCUT2D eigenvalue weighted by atomic mass is 19.1. The fourth-order valence-electron chi connectivity index (χ4n) is 3.09. The van der Waals surface area contributed by atoms with Crippen molar-refractivity contribution in [1.29, 1.82) is 0 Å². The van der Waals surface area contributed by atoms with Crippen molar-refractivity contribution in [2.24, 2.45) is 0 Å². The lowest BCUT2D eigenvalue weighted by molar-refractivity contribution is -0.128. The molecule has 1 unspecified atom stereocenters. The lowest BCUT2D eigenvalue weighted by Gasteiger charge is -2.21. The first-order chi connectivity index (χ1) is 14.8. The summed E-state index contributed by atoms with van der Waals surface area (Å²) in [5, 5.41) is 9.18. The van der Waals surface area contributed by atoms with E-state index in [1.807, 2.05) is 30.3 Å². The van der Waals surface area contributed by atoms with Gasteiger partial charge >= 0.3 is 0 Å². The first kappa shape index (κ1) is 22.1. The Kier molecular flexibility index (Phi) is 7.07. The molecule has 3 aromatic rings. The van der Waals surface area contributed by atoms with Gasteiger partial charge in [-0.05, 0) is 37.1 Å². The zero-order valence-corrected chi connectivity index (χ0v) is 17.1. The predicted octanol–water partition coefficient (Wildman–Crippen LogP) is 2.80. The van der Waals surface area contributed by atoms with Gasteiger partial charge in [0.15, 0.2) is 5.82 Å². The monoisotopic (exact) mass is 428 g/mol. The van der Waals surface area contributed by atoms with E-state index < -0.39 is 35.5 Å². The second kappa shape index (κ2) is 9.92. The number of halogens is 2. The van der Waals surface area contributed by atoms with Crippen molar-refractivity contribution in [3.05, 3.63) is 83.0 Å². The number of carbonyl (C=O) groups excluding carboxylic acids is 2. The van der Waals surface area contributed by atoms with Crippen LogP contribution in [0.2, 0.25) is 0 Å². The largest absolute Gasteiger partial charge is 0.347 e. The summed E-state index contributed by atoms with van der Waals surface area (Å²) in [6.07, 6.45) is 0.0233. The summed E-state index contributed by atoms with van der Waals surface area (Å²) < 4.78 is 31.8. The number of carbonyl (C=O) groups is 2. The van der Waals surface area contributed by atoms with E-state index in [0.29, 0.717) is 11.7 Å². The van der Waals surface area contributed by atoms with Crippen LogP contribution in [0.25, 0.3) is 0 Å². The first-order valence-electron chi connectivity index (χ1n) is 9.69. The van der Waals surface area contributed by atoms with Crippen molar-refractivity contribution in [3.8, 4) is 0 Å². The van der Waals surface area contributed by atoms with E-state index >= 15 is 0 Å². The van der Waals surface area contributed by atoms with Gasteiger partial charge in [0.1, 0.15) is 17.7 Å². The van der Waals surface area contributed by atoms with Crippen LogP contribution in [0.15, 0.2) is 53.1 Å². The van der Waals surface area contributed by atoms with Gasteiger partial charge in [0, 0.05) is 6.07 Å². The van der Waals surface area contributed by atoms with Crippen LogP contribution in [-0.2, 0) is 22.4 Å². The molecule has 0 saturated carbocycles. The van der Waals surface area contributed by atoms with Crippen molar-refractivity contribution in [2.45, 2.75) is 38.8 Å². The zero-order chi connectivity index (χ0) is 22.4. The lowest BCUT2D eigenvalue weighted by Crippen LogP contribution is -2.46. The molecule has 9 heteroatoms. The minimum absolute atomic E-state index is 0.177. The van der Waals surface area contributed by atoms with Gasteiger partial charge in [0.2, 0.25) is 17.7 Å². The molecule has 0 fully saturated rings. The molecule has 0 radical (unpaired) electrons. The van der Waals surface area contributed by atoms with Crippen LogP contribution < -0.4 is 10.6 Å². The average molecular weight is 428 g/mol. The van der Waals surface area contributed by atoms with E-state index in [9.17, 15) is 18.4 Å². The number of nitrogens with zero attached hydrogens (tertiary/aromatic N) is 2. The van der Waals surface area contributed by atoms with Gasteiger partial charge in [-0.2, -0.15) is 4.98 Å². The van der Waals surface area contributed by atoms with Gasteiger partial charge in [0.25, 0.3) is 0 Å². The van der Waals surface area contributed by atoms with Crippen LogP contribution in [0.3, 0.4) is 0 Å². The molecule has 0 aliphatic heterocycles. The lowest BCUT2D eigenvalue weighted by atomic mass is 10.0. The first-order valence-corrected chi connectivity index (χ1v) is 9.69. The molecule has 2 amide bonds. The van der Waals surface area contributed by atoms with Gasteiger partial charge in [-0.3, -0.25) is 9.59 Å². The van der Waals surface area contributed by atoms with Crippen LogP contribution in [0.1, 0.15) is 35.8 Å². The SMILES string of the molecule is Cc1noc(CC(NC(=O)[C@H](C)NC(=O)Cc2cc(F)cc(F)c2)c2ccccc2)n1. The molecular weight excluding hydrogens is 406 g/mol. The third-order valence-electron chi connectivity index (χ3n) is 4.52. The number of nitrogens with one attached hydrogen (secondary N) is 2. The summed E-state index contributed by atoms with van der Waals surface area (Å²) in [6, 6.07) is 10.8. The number of hydrogen-bond acceptors (Lipinski definition) is 5. The van der Waals surface area contributed by atoms with E-state index in [1.165, 1.54) is 6.92 Å². The Labute approximate surface area is 177 Å². The average Bonchev–Trinajstić information content (AvgIpc) is 3.11. The normalized spacial score (nSPS) is 12.8. The second-order valence-electron chi connectivity index (χ2n) is 7.15. The molecule has 7 nitrogen and oxygen atoms in total. The zero-order valence-electron chi connectivity index (χ0n) is 17.1. The number of benzene rings is 2. The molecule has 31 heavy (non-hydrogen) atoms. The second-order valence-corrected chi connectivity index (χ2v) is 7.15. The maximum absolute atomic E-state index is 13.3. The van der Waals surface area contributed by atoms with Crippen molar-refractivity contribution >= 4 is 11.8 Å². The summed E-state index contributed by atoms with van der Waals surface area (Å²) in [4.78, 5) is 29.1. The minimum Gasteiger partial charge on any atom is -0.347 e. The molecule has 0 bridgehead atoms. The summed E-state index contributed by atoms with van der Waals surface area (Å²) in [7, 11) is 0.